The van der Waals surface area contributed by atoms with Crippen LogP contribution in [0.3, 0.4) is 0 Å². The Kier molecular flexibility index (Phi) is 6.89. The number of ether oxygens (including phenoxy) is 1. The second kappa shape index (κ2) is 9.58. The van der Waals surface area contributed by atoms with Crippen LogP contribution in [0, 0.1) is 6.92 Å². The molecule has 8 heteroatoms. The van der Waals surface area contributed by atoms with Crippen molar-refractivity contribution in [3.63, 3.8) is 0 Å². The highest BCUT2D eigenvalue weighted by Gasteiger charge is 2.40. The van der Waals surface area contributed by atoms with Crippen LogP contribution in [0.5, 0.6) is 0 Å². The molecule has 3 rings (SSSR count). The summed E-state index contributed by atoms with van der Waals surface area (Å²) >= 11 is 1.14. The van der Waals surface area contributed by atoms with Crippen molar-refractivity contribution in [2.45, 2.75) is 25.5 Å². The average Bonchev–Trinajstić information content (AvgIpc) is 3.01. The highest BCUT2D eigenvalue weighted by molar-refractivity contribution is 8.01. The van der Waals surface area contributed by atoms with E-state index in [-0.39, 0.29) is 36.5 Å². The van der Waals surface area contributed by atoms with Gasteiger partial charge >= 0.3 is 5.97 Å². The SMILES string of the molecule is CCOC(=O)c1ccc(N2C(=O)CC(SCC(=O)Nc3ccc(C)cc3)C2=O)cc1. The Bertz CT molecular complexity index is 956. The molecule has 0 bridgehead atoms. The molecule has 2 aromatic carbocycles. The summed E-state index contributed by atoms with van der Waals surface area (Å²) in [6.45, 7) is 3.94. The fourth-order valence-electron chi connectivity index (χ4n) is 2.98. The molecule has 1 saturated heterocycles. The summed E-state index contributed by atoms with van der Waals surface area (Å²) in [5, 5.41) is 2.16. The second-order valence-electron chi connectivity index (χ2n) is 6.75. The van der Waals surface area contributed by atoms with Crippen molar-refractivity contribution in [3.05, 3.63) is 59.7 Å². The molecular formula is C22H22N2O5S. The Labute approximate surface area is 178 Å². The lowest BCUT2D eigenvalue weighted by Crippen LogP contribution is -2.31. The third kappa shape index (κ3) is 5.07. The maximum absolute atomic E-state index is 12.7. The average molecular weight is 426 g/mol. The number of amides is 3. The predicted molar refractivity (Wildman–Crippen MR) is 116 cm³/mol. The molecule has 30 heavy (non-hydrogen) atoms. The molecule has 2 aromatic rings. The Morgan fingerprint density at radius 2 is 1.77 bits per heavy atom. The van der Waals surface area contributed by atoms with Crippen LogP contribution in [0.4, 0.5) is 11.4 Å². The molecule has 0 radical (unpaired) electrons. The van der Waals surface area contributed by atoms with Crippen LogP contribution in [0.1, 0.15) is 29.3 Å². The zero-order chi connectivity index (χ0) is 21.7. The van der Waals surface area contributed by atoms with Crippen LogP contribution in [0.25, 0.3) is 0 Å². The van der Waals surface area contributed by atoms with Crippen molar-refractivity contribution in [2.75, 3.05) is 22.6 Å². The molecule has 3 amide bonds. The van der Waals surface area contributed by atoms with E-state index in [1.54, 1.807) is 19.1 Å². The number of carbonyl (C=O) groups excluding carboxylic acids is 4. The number of imide groups is 1. The summed E-state index contributed by atoms with van der Waals surface area (Å²) in [6.07, 6.45) is 0.0287. The molecule has 1 fully saturated rings. The van der Waals surface area contributed by atoms with E-state index in [2.05, 4.69) is 5.32 Å². The zero-order valence-electron chi connectivity index (χ0n) is 16.7. The smallest absolute Gasteiger partial charge is 0.338 e. The highest BCUT2D eigenvalue weighted by Crippen LogP contribution is 2.30. The minimum Gasteiger partial charge on any atom is -0.462 e. The second-order valence-corrected chi connectivity index (χ2v) is 7.94. The van der Waals surface area contributed by atoms with Gasteiger partial charge in [-0.15, -0.1) is 11.8 Å². The molecule has 7 nitrogen and oxygen atoms in total. The van der Waals surface area contributed by atoms with Gasteiger partial charge in [-0.25, -0.2) is 9.69 Å². The van der Waals surface area contributed by atoms with Gasteiger partial charge in [-0.05, 0) is 50.2 Å². The molecule has 0 aliphatic carbocycles. The van der Waals surface area contributed by atoms with E-state index in [4.69, 9.17) is 4.74 Å². The van der Waals surface area contributed by atoms with Gasteiger partial charge in [0.25, 0.3) is 0 Å². The first-order chi connectivity index (χ1) is 14.4. The minimum absolute atomic E-state index is 0.0287. The van der Waals surface area contributed by atoms with Crippen LogP contribution in [-0.4, -0.2) is 41.3 Å². The molecule has 1 unspecified atom stereocenters. The first-order valence-corrected chi connectivity index (χ1v) is 10.6. The number of esters is 1. The number of thioether (sulfide) groups is 1. The van der Waals surface area contributed by atoms with E-state index < -0.39 is 11.2 Å². The van der Waals surface area contributed by atoms with Crippen LogP contribution >= 0.6 is 11.8 Å². The summed E-state index contributed by atoms with van der Waals surface area (Å²) in [5.41, 5.74) is 2.51. The van der Waals surface area contributed by atoms with Gasteiger partial charge in [-0.1, -0.05) is 17.7 Å². The maximum Gasteiger partial charge on any atom is 0.338 e. The summed E-state index contributed by atoms with van der Waals surface area (Å²) in [6, 6.07) is 13.5. The number of anilines is 2. The van der Waals surface area contributed by atoms with E-state index in [0.29, 0.717) is 16.9 Å². The number of hydrogen-bond donors (Lipinski definition) is 1. The Morgan fingerprint density at radius 3 is 2.40 bits per heavy atom. The fourth-order valence-corrected chi connectivity index (χ4v) is 3.91. The quantitative estimate of drug-likeness (QED) is 0.540. The van der Waals surface area contributed by atoms with Gasteiger partial charge in [0, 0.05) is 12.1 Å². The van der Waals surface area contributed by atoms with Crippen molar-refractivity contribution < 1.29 is 23.9 Å². The highest BCUT2D eigenvalue weighted by atomic mass is 32.2. The predicted octanol–water partition coefficient (Wildman–Crippen LogP) is 3.18. The molecular weight excluding hydrogens is 404 g/mol. The van der Waals surface area contributed by atoms with Gasteiger partial charge in [0.2, 0.25) is 17.7 Å². The first-order valence-electron chi connectivity index (χ1n) is 9.51. The molecule has 156 valence electrons. The van der Waals surface area contributed by atoms with E-state index in [1.165, 1.54) is 12.1 Å². The first kappa shape index (κ1) is 21.6. The van der Waals surface area contributed by atoms with Gasteiger partial charge in [0.1, 0.15) is 0 Å². The molecule has 1 aliphatic heterocycles. The van der Waals surface area contributed by atoms with Crippen LogP contribution in [0.2, 0.25) is 0 Å². The van der Waals surface area contributed by atoms with Crippen molar-refractivity contribution >= 4 is 46.8 Å². The number of rotatable bonds is 7. The molecule has 1 atom stereocenters. The summed E-state index contributed by atoms with van der Waals surface area (Å²) < 4.78 is 4.93. The zero-order valence-corrected chi connectivity index (χ0v) is 17.5. The van der Waals surface area contributed by atoms with Crippen LogP contribution in [-0.2, 0) is 19.1 Å². The summed E-state index contributed by atoms with van der Waals surface area (Å²) in [4.78, 5) is 50.1. The summed E-state index contributed by atoms with van der Waals surface area (Å²) in [7, 11) is 0. The van der Waals surface area contributed by atoms with E-state index in [9.17, 15) is 19.2 Å². The third-order valence-electron chi connectivity index (χ3n) is 4.49. The number of nitrogens with one attached hydrogen (secondary N) is 1. The van der Waals surface area contributed by atoms with Crippen LogP contribution < -0.4 is 10.2 Å². The monoisotopic (exact) mass is 426 g/mol. The van der Waals surface area contributed by atoms with Crippen molar-refractivity contribution in [1.29, 1.82) is 0 Å². The number of nitrogens with zero attached hydrogens (tertiary/aromatic N) is 1. The topological polar surface area (TPSA) is 92.8 Å². The maximum atomic E-state index is 12.7. The molecule has 1 heterocycles. The van der Waals surface area contributed by atoms with Crippen molar-refractivity contribution in [1.82, 2.24) is 0 Å². The largest absolute Gasteiger partial charge is 0.462 e. The van der Waals surface area contributed by atoms with Crippen molar-refractivity contribution in [3.8, 4) is 0 Å². The van der Waals surface area contributed by atoms with Gasteiger partial charge < -0.3 is 10.1 Å². The van der Waals surface area contributed by atoms with E-state index in [0.717, 1.165) is 22.2 Å². The van der Waals surface area contributed by atoms with E-state index in [1.807, 2.05) is 31.2 Å². The van der Waals surface area contributed by atoms with Gasteiger partial charge in [0.15, 0.2) is 0 Å². The molecule has 0 aromatic heterocycles. The Morgan fingerprint density at radius 1 is 1.10 bits per heavy atom. The lowest BCUT2D eigenvalue weighted by Gasteiger charge is -2.15. The number of hydrogen-bond acceptors (Lipinski definition) is 6. The van der Waals surface area contributed by atoms with Crippen molar-refractivity contribution in [2.24, 2.45) is 0 Å². The Hall–Kier alpha value is -3.13. The normalized spacial score (nSPS) is 15.9. The molecule has 0 saturated carbocycles. The molecule has 0 spiro atoms. The fraction of sp³-hybridized carbons (Fsp3) is 0.273. The summed E-state index contributed by atoms with van der Waals surface area (Å²) in [5.74, 6) is -1.33. The lowest BCUT2D eigenvalue weighted by atomic mass is 10.2. The Balaban J connectivity index is 1.58. The van der Waals surface area contributed by atoms with Gasteiger partial charge in [-0.3, -0.25) is 14.4 Å². The number of benzene rings is 2. The third-order valence-corrected chi connectivity index (χ3v) is 5.69. The lowest BCUT2D eigenvalue weighted by molar-refractivity contribution is -0.121. The van der Waals surface area contributed by atoms with Gasteiger partial charge in [-0.2, -0.15) is 0 Å². The number of carbonyl (C=O) groups is 4. The standard InChI is InChI=1S/C22H22N2O5S/c1-3-29-22(28)15-6-10-17(11-7-15)24-20(26)12-18(21(24)27)30-13-19(25)23-16-8-4-14(2)5-9-16/h4-11,18H,3,12-13H2,1-2H3,(H,23,25). The molecule has 1 N–H and O–H groups in total. The minimum atomic E-state index is -0.619. The van der Waals surface area contributed by atoms with Crippen LogP contribution in [0.15, 0.2) is 48.5 Å². The van der Waals surface area contributed by atoms with E-state index >= 15 is 0 Å². The number of aryl methyl sites for hydroxylation is 1. The molecule has 1 aliphatic rings. The van der Waals surface area contributed by atoms with Gasteiger partial charge in [0.05, 0.1) is 28.9 Å².